The quantitative estimate of drug-likeness (QED) is 0.632. The topological polar surface area (TPSA) is 18.5 Å². The fourth-order valence-electron chi connectivity index (χ4n) is 1.30. The van der Waals surface area contributed by atoms with Crippen molar-refractivity contribution in [1.82, 2.24) is 0 Å². The molecule has 0 aliphatic heterocycles. The van der Waals surface area contributed by atoms with Crippen molar-refractivity contribution in [1.29, 1.82) is 0 Å². The van der Waals surface area contributed by atoms with Gasteiger partial charge >= 0.3 is 0 Å². The van der Waals surface area contributed by atoms with Gasteiger partial charge in [-0.2, -0.15) is 0 Å². The maximum absolute atomic E-state index is 6.19. The number of ether oxygens (including phenoxy) is 2. The summed E-state index contributed by atoms with van der Waals surface area (Å²) in [5, 5.41) is 0. The zero-order valence-electron chi connectivity index (χ0n) is 13.2. The molecule has 0 fully saturated rings. The monoisotopic (exact) mass is 241 g/mol. The fourth-order valence-corrected chi connectivity index (χ4v) is 1.30. The summed E-state index contributed by atoms with van der Waals surface area (Å²) in [6.45, 7) is 19.6. The van der Waals surface area contributed by atoms with Crippen LogP contribution in [0.2, 0.25) is 6.82 Å². The molecule has 0 rings (SSSR count). The van der Waals surface area contributed by atoms with Crippen molar-refractivity contribution in [3.05, 3.63) is 0 Å². The maximum Gasteiger partial charge on any atom is 0.149 e. The van der Waals surface area contributed by atoms with Gasteiger partial charge in [0.2, 0.25) is 0 Å². The maximum atomic E-state index is 6.19. The van der Waals surface area contributed by atoms with E-state index in [0.29, 0.717) is 12.5 Å². The van der Waals surface area contributed by atoms with Crippen molar-refractivity contribution in [2.45, 2.75) is 78.9 Å². The van der Waals surface area contributed by atoms with Crippen LogP contribution in [0.15, 0.2) is 0 Å². The minimum atomic E-state index is -0.270. The smallest absolute Gasteiger partial charge is 0.149 e. The Morgan fingerprint density at radius 1 is 1.00 bits per heavy atom. The van der Waals surface area contributed by atoms with Crippen LogP contribution < -0.4 is 0 Å². The summed E-state index contributed by atoms with van der Waals surface area (Å²) in [6.07, 6.45) is 0. The lowest BCUT2D eigenvalue weighted by atomic mass is 9.65. The van der Waals surface area contributed by atoms with E-state index in [9.17, 15) is 0 Å². The molecule has 0 N–H and O–H groups in total. The summed E-state index contributed by atoms with van der Waals surface area (Å²) in [5.41, 5.74) is -0.594. The molecule has 0 unspecified atom stereocenters. The van der Waals surface area contributed by atoms with E-state index in [4.69, 9.17) is 9.47 Å². The summed E-state index contributed by atoms with van der Waals surface area (Å²) < 4.78 is 12.1. The Hall–Kier alpha value is -0.0151. The molecule has 0 spiro atoms. The van der Waals surface area contributed by atoms with E-state index in [1.54, 1.807) is 0 Å². The van der Waals surface area contributed by atoms with Crippen molar-refractivity contribution < 1.29 is 9.47 Å². The standard InChI is InChI=1S/C14H30BO2/c1-11(2)13(5,6)17-12(3,4)10-16-14(7,8)15-9/h11H,10H2,1-9H3. The molecule has 0 aliphatic carbocycles. The van der Waals surface area contributed by atoms with Gasteiger partial charge in [0.25, 0.3) is 0 Å². The van der Waals surface area contributed by atoms with E-state index in [2.05, 4.69) is 62.7 Å². The highest BCUT2D eigenvalue weighted by atomic mass is 16.6. The van der Waals surface area contributed by atoms with Gasteiger partial charge in [0.15, 0.2) is 0 Å². The molecule has 0 saturated carbocycles. The Labute approximate surface area is 109 Å². The van der Waals surface area contributed by atoms with Crippen LogP contribution in [0, 0.1) is 5.92 Å². The Kier molecular flexibility index (Phi) is 5.74. The third-order valence-electron chi connectivity index (χ3n) is 3.42. The van der Waals surface area contributed by atoms with Crippen LogP contribution in [0.4, 0.5) is 0 Å². The van der Waals surface area contributed by atoms with Gasteiger partial charge in [0.05, 0.1) is 17.8 Å². The molecule has 0 aliphatic rings. The molecule has 0 saturated heterocycles. The lowest BCUT2D eigenvalue weighted by Crippen LogP contribution is -2.45. The second-order valence-corrected chi connectivity index (χ2v) is 6.80. The average molecular weight is 241 g/mol. The van der Waals surface area contributed by atoms with Gasteiger partial charge in [-0.1, -0.05) is 20.7 Å². The van der Waals surface area contributed by atoms with Crippen LogP contribution in [0.25, 0.3) is 0 Å². The molecular weight excluding hydrogens is 211 g/mol. The van der Waals surface area contributed by atoms with Crippen molar-refractivity contribution >= 4 is 7.28 Å². The van der Waals surface area contributed by atoms with E-state index in [0.717, 1.165) is 0 Å². The number of rotatable bonds is 7. The third-order valence-corrected chi connectivity index (χ3v) is 3.42. The molecule has 0 aromatic carbocycles. The molecule has 17 heavy (non-hydrogen) atoms. The predicted molar refractivity (Wildman–Crippen MR) is 75.7 cm³/mol. The zero-order chi connectivity index (χ0) is 13.9. The molecule has 0 bridgehead atoms. The molecule has 0 aromatic rings. The third kappa shape index (κ3) is 6.47. The Bertz CT molecular complexity index is 232. The summed E-state index contributed by atoms with van der Waals surface area (Å²) in [5.74, 6) is 0.479. The lowest BCUT2D eigenvalue weighted by molar-refractivity contribution is -0.177. The van der Waals surface area contributed by atoms with Crippen LogP contribution in [0.3, 0.4) is 0 Å². The molecule has 0 amide bonds. The molecule has 0 aromatic heterocycles. The number of hydrogen-bond acceptors (Lipinski definition) is 2. The molecule has 1 radical (unpaired) electrons. The van der Waals surface area contributed by atoms with E-state index in [-0.39, 0.29) is 16.7 Å². The number of hydrogen-bond donors (Lipinski definition) is 0. The molecule has 3 heteroatoms. The minimum Gasteiger partial charge on any atom is -0.382 e. The summed E-state index contributed by atoms with van der Waals surface area (Å²) >= 11 is 0. The van der Waals surface area contributed by atoms with Crippen LogP contribution in [-0.2, 0) is 9.47 Å². The Balaban J connectivity index is 4.40. The molecule has 101 valence electrons. The SMILES string of the molecule is C[B]C(C)(C)OCC(C)(C)OC(C)(C)C(C)C. The van der Waals surface area contributed by atoms with Gasteiger partial charge < -0.3 is 9.47 Å². The second kappa shape index (κ2) is 5.75. The van der Waals surface area contributed by atoms with E-state index in [1.807, 2.05) is 6.82 Å². The van der Waals surface area contributed by atoms with Gasteiger partial charge in [-0.15, -0.1) is 0 Å². The van der Waals surface area contributed by atoms with Gasteiger partial charge in [0, 0.05) is 5.50 Å². The summed E-state index contributed by atoms with van der Waals surface area (Å²) in [7, 11) is 2.07. The first kappa shape index (κ1) is 17.0. The lowest BCUT2D eigenvalue weighted by Gasteiger charge is -2.40. The first-order valence-electron chi connectivity index (χ1n) is 6.56. The van der Waals surface area contributed by atoms with Crippen LogP contribution in [0.5, 0.6) is 0 Å². The van der Waals surface area contributed by atoms with Gasteiger partial charge in [-0.05, 0) is 47.5 Å². The van der Waals surface area contributed by atoms with Crippen molar-refractivity contribution in [3.8, 4) is 0 Å². The Morgan fingerprint density at radius 3 is 1.82 bits per heavy atom. The van der Waals surface area contributed by atoms with Crippen molar-refractivity contribution in [2.75, 3.05) is 6.61 Å². The molecular formula is C14H30BO2. The van der Waals surface area contributed by atoms with Crippen LogP contribution in [0.1, 0.15) is 55.4 Å². The van der Waals surface area contributed by atoms with E-state index in [1.165, 1.54) is 0 Å². The zero-order valence-corrected chi connectivity index (χ0v) is 13.2. The molecule has 0 atom stereocenters. The van der Waals surface area contributed by atoms with Crippen LogP contribution >= 0.6 is 0 Å². The Morgan fingerprint density at radius 2 is 1.47 bits per heavy atom. The summed E-state index contributed by atoms with van der Waals surface area (Å²) in [4.78, 5) is 0. The average Bonchev–Trinajstić information content (AvgIpc) is 2.13. The normalized spacial score (nSPS) is 14.2. The summed E-state index contributed by atoms with van der Waals surface area (Å²) in [6, 6.07) is 0. The molecule has 2 nitrogen and oxygen atoms in total. The fraction of sp³-hybridized carbons (Fsp3) is 1.00. The first-order valence-corrected chi connectivity index (χ1v) is 6.56. The van der Waals surface area contributed by atoms with Crippen molar-refractivity contribution in [2.24, 2.45) is 5.92 Å². The van der Waals surface area contributed by atoms with E-state index < -0.39 is 0 Å². The second-order valence-electron chi connectivity index (χ2n) is 6.80. The predicted octanol–water partition coefficient (Wildman–Crippen LogP) is 3.72. The van der Waals surface area contributed by atoms with E-state index >= 15 is 0 Å². The van der Waals surface area contributed by atoms with Crippen molar-refractivity contribution in [3.63, 3.8) is 0 Å². The highest BCUT2D eigenvalue weighted by Crippen LogP contribution is 2.28. The highest BCUT2D eigenvalue weighted by Gasteiger charge is 2.33. The van der Waals surface area contributed by atoms with Gasteiger partial charge in [0.1, 0.15) is 7.28 Å². The largest absolute Gasteiger partial charge is 0.382 e. The van der Waals surface area contributed by atoms with Gasteiger partial charge in [-0.3, -0.25) is 0 Å². The first-order chi connectivity index (χ1) is 7.42. The minimum absolute atomic E-state index is 0.132. The van der Waals surface area contributed by atoms with Crippen LogP contribution in [-0.4, -0.2) is 30.6 Å². The highest BCUT2D eigenvalue weighted by molar-refractivity contribution is 6.37. The van der Waals surface area contributed by atoms with Gasteiger partial charge in [-0.25, -0.2) is 0 Å². The molecule has 0 heterocycles.